The summed E-state index contributed by atoms with van der Waals surface area (Å²) in [5.74, 6) is 0. The predicted molar refractivity (Wildman–Crippen MR) is 90.6 cm³/mol. The third-order valence-electron chi connectivity index (χ3n) is 4.02. The number of para-hydroxylation sites is 1. The molecule has 106 valence electrons. The average Bonchev–Trinajstić information content (AvgIpc) is 2.60. The van der Waals surface area contributed by atoms with E-state index < -0.39 is 0 Å². The second-order valence-corrected chi connectivity index (χ2v) is 5.36. The van der Waals surface area contributed by atoms with Gasteiger partial charge in [-0.05, 0) is 22.4 Å². The van der Waals surface area contributed by atoms with Crippen molar-refractivity contribution in [1.29, 1.82) is 0 Å². The van der Waals surface area contributed by atoms with Crippen LogP contribution in [0.4, 0.5) is 0 Å². The summed E-state index contributed by atoms with van der Waals surface area (Å²) < 4.78 is 0. The van der Waals surface area contributed by atoms with Crippen molar-refractivity contribution in [3.8, 4) is 11.1 Å². The van der Waals surface area contributed by atoms with E-state index in [-0.39, 0.29) is 6.61 Å². The van der Waals surface area contributed by atoms with Crippen LogP contribution >= 0.6 is 0 Å². The van der Waals surface area contributed by atoms with Crippen molar-refractivity contribution in [2.45, 2.75) is 6.61 Å². The molecule has 0 saturated heterocycles. The number of hydrogen-bond acceptors (Lipinski definition) is 2. The molecule has 0 atom stereocenters. The Bertz CT molecular complexity index is 970. The second-order valence-electron chi connectivity index (χ2n) is 5.36. The largest absolute Gasteiger partial charge is 0.390 e. The van der Waals surface area contributed by atoms with Crippen molar-refractivity contribution in [2.75, 3.05) is 0 Å². The lowest BCUT2D eigenvalue weighted by Gasteiger charge is -2.10. The molecule has 0 saturated carbocycles. The van der Waals surface area contributed by atoms with Crippen LogP contribution in [-0.4, -0.2) is 10.1 Å². The van der Waals surface area contributed by atoms with Crippen molar-refractivity contribution in [2.24, 2.45) is 0 Å². The number of benzene rings is 3. The number of aliphatic hydroxyl groups excluding tert-OH is 1. The van der Waals surface area contributed by atoms with Crippen molar-refractivity contribution in [3.63, 3.8) is 0 Å². The summed E-state index contributed by atoms with van der Waals surface area (Å²) in [6.45, 7) is -0.0419. The van der Waals surface area contributed by atoms with Gasteiger partial charge < -0.3 is 5.11 Å². The molecule has 0 aliphatic carbocycles. The Labute approximate surface area is 128 Å². The summed E-state index contributed by atoms with van der Waals surface area (Å²) >= 11 is 0. The topological polar surface area (TPSA) is 33.1 Å². The molecule has 0 radical (unpaired) electrons. The van der Waals surface area contributed by atoms with E-state index in [0.29, 0.717) is 5.69 Å². The molecular weight excluding hydrogens is 270 g/mol. The molecule has 0 unspecified atom stereocenters. The van der Waals surface area contributed by atoms with Gasteiger partial charge in [-0.15, -0.1) is 0 Å². The van der Waals surface area contributed by atoms with Gasteiger partial charge in [0.15, 0.2) is 0 Å². The standard InChI is InChI=1S/C20H15NO/c22-13-16-12-11-15-7-4-10-19(20(15)21-16)18-9-3-6-14-5-1-2-8-17(14)18/h1-12,22H,13H2. The molecule has 1 N–H and O–H groups in total. The molecule has 4 rings (SSSR count). The van der Waals surface area contributed by atoms with E-state index in [9.17, 15) is 5.11 Å². The van der Waals surface area contributed by atoms with Gasteiger partial charge in [-0.1, -0.05) is 66.7 Å². The van der Waals surface area contributed by atoms with E-state index >= 15 is 0 Å². The summed E-state index contributed by atoms with van der Waals surface area (Å²) in [4.78, 5) is 4.63. The summed E-state index contributed by atoms with van der Waals surface area (Å²) in [5, 5.41) is 12.9. The molecule has 4 aromatic rings. The Morgan fingerprint density at radius 2 is 1.41 bits per heavy atom. The molecule has 0 amide bonds. The fourth-order valence-corrected chi connectivity index (χ4v) is 2.95. The Kier molecular flexibility index (Phi) is 3.10. The number of pyridine rings is 1. The lowest BCUT2D eigenvalue weighted by Crippen LogP contribution is -1.92. The average molecular weight is 285 g/mol. The maximum absolute atomic E-state index is 9.37. The number of nitrogens with zero attached hydrogens (tertiary/aromatic N) is 1. The summed E-state index contributed by atoms with van der Waals surface area (Å²) in [7, 11) is 0. The van der Waals surface area contributed by atoms with E-state index in [4.69, 9.17) is 0 Å². The number of rotatable bonds is 2. The molecule has 0 spiro atoms. The molecule has 1 heterocycles. The van der Waals surface area contributed by atoms with Gasteiger partial charge in [-0.25, -0.2) is 4.98 Å². The molecule has 0 bridgehead atoms. The quantitative estimate of drug-likeness (QED) is 0.586. The Morgan fingerprint density at radius 1 is 0.682 bits per heavy atom. The smallest absolute Gasteiger partial charge is 0.0853 e. The maximum Gasteiger partial charge on any atom is 0.0853 e. The van der Waals surface area contributed by atoms with Crippen molar-refractivity contribution < 1.29 is 5.11 Å². The summed E-state index contributed by atoms with van der Waals surface area (Å²) in [6.07, 6.45) is 0. The van der Waals surface area contributed by atoms with Gasteiger partial charge in [0.1, 0.15) is 0 Å². The molecule has 2 heteroatoms. The van der Waals surface area contributed by atoms with Crippen LogP contribution in [0.2, 0.25) is 0 Å². The van der Waals surface area contributed by atoms with Crippen LogP contribution in [0, 0.1) is 0 Å². The van der Waals surface area contributed by atoms with Gasteiger partial charge in [-0.3, -0.25) is 0 Å². The first kappa shape index (κ1) is 13.0. The monoisotopic (exact) mass is 285 g/mol. The van der Waals surface area contributed by atoms with Crippen molar-refractivity contribution in [1.82, 2.24) is 4.98 Å². The van der Waals surface area contributed by atoms with E-state index in [1.807, 2.05) is 12.1 Å². The molecule has 0 fully saturated rings. The second kappa shape index (κ2) is 5.24. The molecular formula is C20H15NO. The van der Waals surface area contributed by atoms with Crippen molar-refractivity contribution in [3.05, 3.63) is 78.5 Å². The highest BCUT2D eigenvalue weighted by Gasteiger charge is 2.09. The van der Waals surface area contributed by atoms with Gasteiger partial charge in [0.05, 0.1) is 17.8 Å². The SMILES string of the molecule is OCc1ccc2cccc(-c3cccc4ccccc34)c2n1. The third-order valence-corrected chi connectivity index (χ3v) is 4.02. The predicted octanol–water partition coefficient (Wildman–Crippen LogP) is 4.55. The van der Waals surface area contributed by atoms with Crippen LogP contribution in [0.25, 0.3) is 32.8 Å². The van der Waals surface area contributed by atoms with Crippen LogP contribution < -0.4 is 0 Å². The highest BCUT2D eigenvalue weighted by molar-refractivity contribution is 6.03. The minimum Gasteiger partial charge on any atom is -0.390 e. The minimum absolute atomic E-state index is 0.0419. The van der Waals surface area contributed by atoms with Gasteiger partial charge in [0, 0.05) is 10.9 Å². The fourth-order valence-electron chi connectivity index (χ4n) is 2.95. The van der Waals surface area contributed by atoms with Crippen LogP contribution in [0.15, 0.2) is 72.8 Å². The zero-order chi connectivity index (χ0) is 14.9. The Morgan fingerprint density at radius 3 is 2.27 bits per heavy atom. The van der Waals surface area contributed by atoms with E-state index in [0.717, 1.165) is 16.5 Å². The molecule has 1 aromatic heterocycles. The van der Waals surface area contributed by atoms with E-state index in [2.05, 4.69) is 65.6 Å². The van der Waals surface area contributed by atoms with Gasteiger partial charge in [0.2, 0.25) is 0 Å². The van der Waals surface area contributed by atoms with Crippen LogP contribution in [-0.2, 0) is 6.61 Å². The van der Waals surface area contributed by atoms with Crippen LogP contribution in [0.3, 0.4) is 0 Å². The Hall–Kier alpha value is -2.71. The number of aliphatic hydroxyl groups is 1. The highest BCUT2D eigenvalue weighted by atomic mass is 16.3. The summed E-state index contributed by atoms with van der Waals surface area (Å²) in [5.41, 5.74) is 3.90. The molecule has 3 aromatic carbocycles. The van der Waals surface area contributed by atoms with Crippen LogP contribution in [0.5, 0.6) is 0 Å². The zero-order valence-electron chi connectivity index (χ0n) is 12.0. The molecule has 0 aliphatic rings. The van der Waals surface area contributed by atoms with Crippen LogP contribution in [0.1, 0.15) is 5.69 Å². The minimum atomic E-state index is -0.0419. The molecule has 2 nitrogen and oxygen atoms in total. The van der Waals surface area contributed by atoms with Gasteiger partial charge in [0.25, 0.3) is 0 Å². The first-order valence-corrected chi connectivity index (χ1v) is 7.34. The normalized spacial score (nSPS) is 11.1. The number of aromatic nitrogens is 1. The van der Waals surface area contributed by atoms with Gasteiger partial charge in [-0.2, -0.15) is 0 Å². The van der Waals surface area contributed by atoms with Gasteiger partial charge >= 0.3 is 0 Å². The molecule has 0 aliphatic heterocycles. The number of fused-ring (bicyclic) bond motifs is 2. The lowest BCUT2D eigenvalue weighted by atomic mass is 9.96. The highest BCUT2D eigenvalue weighted by Crippen LogP contribution is 2.32. The zero-order valence-corrected chi connectivity index (χ0v) is 12.0. The molecule has 22 heavy (non-hydrogen) atoms. The van der Waals surface area contributed by atoms with E-state index in [1.165, 1.54) is 16.3 Å². The number of hydrogen-bond donors (Lipinski definition) is 1. The Balaban J connectivity index is 2.08. The van der Waals surface area contributed by atoms with E-state index in [1.54, 1.807) is 0 Å². The van der Waals surface area contributed by atoms with Crippen molar-refractivity contribution >= 4 is 21.7 Å². The maximum atomic E-state index is 9.37. The third kappa shape index (κ3) is 2.05. The summed E-state index contributed by atoms with van der Waals surface area (Å²) in [6, 6.07) is 24.8. The first-order valence-electron chi connectivity index (χ1n) is 7.34. The lowest BCUT2D eigenvalue weighted by molar-refractivity contribution is 0.277. The first-order chi connectivity index (χ1) is 10.9. The fraction of sp³-hybridized carbons (Fsp3) is 0.0500.